The average molecular weight is 356 g/mol. The summed E-state index contributed by atoms with van der Waals surface area (Å²) in [4.78, 5) is 0. The molecule has 3 heteroatoms. The topological polar surface area (TPSA) is 55.3 Å². The maximum Gasteiger partial charge on any atom is 0.137 e. The van der Waals surface area contributed by atoms with Crippen molar-refractivity contribution in [3.8, 4) is 23.0 Å². The maximum atomic E-state index is 12.5. The third-order valence-corrected chi connectivity index (χ3v) is 5.32. The zero-order valence-corrected chi connectivity index (χ0v) is 15.9. The van der Waals surface area contributed by atoms with Crippen LogP contribution in [0.15, 0.2) is 36.4 Å². The molecule has 0 bridgehead atoms. The van der Waals surface area contributed by atoms with Crippen LogP contribution in [0.3, 0.4) is 0 Å². The van der Waals surface area contributed by atoms with Crippen LogP contribution in [0.4, 0.5) is 0 Å². The average Bonchev–Trinajstić information content (AvgIpc) is 2.64. The largest absolute Gasteiger partial charge is 0.872 e. The summed E-state index contributed by atoms with van der Waals surface area (Å²) in [5, 5.41) is 26.9. The standard InChI is InChI=1S/C24H22O3/c1-12-8-6-7-9-17(12)20-18-10-13(2)21(25)15(4)23(18)27-24-16(5)22(26)14(3)11-19(20)24/h6-11,25-26H,1H2,2-5H3/p-2. The lowest BCUT2D eigenvalue weighted by molar-refractivity contribution is -0.270. The van der Waals surface area contributed by atoms with Crippen molar-refractivity contribution < 1.29 is 14.9 Å². The van der Waals surface area contributed by atoms with Gasteiger partial charge in [0.25, 0.3) is 0 Å². The highest BCUT2D eigenvalue weighted by atomic mass is 16.5. The van der Waals surface area contributed by atoms with Crippen molar-refractivity contribution >= 4 is 12.2 Å². The summed E-state index contributed by atoms with van der Waals surface area (Å²) in [6.07, 6.45) is 0. The van der Waals surface area contributed by atoms with E-state index in [2.05, 4.69) is 6.58 Å². The van der Waals surface area contributed by atoms with Gasteiger partial charge in [-0.15, -0.1) is 0 Å². The number of aryl methyl sites for hydroxylation is 2. The first-order valence-electron chi connectivity index (χ1n) is 8.90. The zero-order chi connectivity index (χ0) is 19.5. The van der Waals surface area contributed by atoms with Gasteiger partial charge in [-0.25, -0.2) is 0 Å². The number of rotatable bonds is 0. The second-order valence-electron chi connectivity index (χ2n) is 7.18. The summed E-state index contributed by atoms with van der Waals surface area (Å²) in [7, 11) is 0. The van der Waals surface area contributed by atoms with E-state index in [0.717, 1.165) is 27.1 Å². The van der Waals surface area contributed by atoms with Crippen molar-refractivity contribution in [2.45, 2.75) is 27.7 Å². The van der Waals surface area contributed by atoms with E-state index in [9.17, 15) is 10.2 Å². The first kappa shape index (κ1) is 17.2. The highest BCUT2D eigenvalue weighted by Gasteiger charge is 2.27. The van der Waals surface area contributed by atoms with Crippen LogP contribution >= 0.6 is 0 Å². The van der Waals surface area contributed by atoms with E-state index < -0.39 is 0 Å². The van der Waals surface area contributed by atoms with Gasteiger partial charge in [-0.05, 0) is 61.4 Å². The third kappa shape index (κ3) is 2.42. The summed E-state index contributed by atoms with van der Waals surface area (Å²) >= 11 is 0. The van der Waals surface area contributed by atoms with E-state index in [1.807, 2.05) is 50.2 Å². The Morgan fingerprint density at radius 3 is 1.74 bits per heavy atom. The van der Waals surface area contributed by atoms with Crippen molar-refractivity contribution in [3.05, 3.63) is 80.2 Å². The van der Waals surface area contributed by atoms with Crippen molar-refractivity contribution in [2.75, 3.05) is 0 Å². The van der Waals surface area contributed by atoms with Crippen molar-refractivity contribution in [3.63, 3.8) is 0 Å². The number of ether oxygens (including phenoxy) is 1. The molecule has 1 aliphatic heterocycles. The zero-order valence-electron chi connectivity index (χ0n) is 15.9. The van der Waals surface area contributed by atoms with Gasteiger partial charge in [0.1, 0.15) is 11.5 Å². The molecule has 3 aromatic carbocycles. The van der Waals surface area contributed by atoms with Crippen molar-refractivity contribution in [2.24, 2.45) is 0 Å². The van der Waals surface area contributed by atoms with E-state index in [1.165, 1.54) is 0 Å². The summed E-state index contributed by atoms with van der Waals surface area (Å²) < 4.78 is 6.16. The summed E-state index contributed by atoms with van der Waals surface area (Å²) in [6, 6.07) is 11.6. The molecule has 1 heterocycles. The van der Waals surface area contributed by atoms with Crippen molar-refractivity contribution in [1.29, 1.82) is 0 Å². The highest BCUT2D eigenvalue weighted by Crippen LogP contribution is 2.49. The molecule has 0 spiro atoms. The van der Waals surface area contributed by atoms with Gasteiger partial charge in [-0.2, -0.15) is 0 Å². The Kier molecular flexibility index (Phi) is 3.77. The Hall–Kier alpha value is -3.20. The molecule has 0 saturated carbocycles. The van der Waals surface area contributed by atoms with E-state index in [1.54, 1.807) is 13.8 Å². The quantitative estimate of drug-likeness (QED) is 0.487. The SMILES string of the molecule is C=c1ccccc1=C1c2cc(C)c([O-])c(C)c2Oc2c1cc(C)c([O-])c2C. The first-order valence-corrected chi connectivity index (χ1v) is 8.90. The van der Waals surface area contributed by atoms with Crippen LogP contribution in [-0.2, 0) is 0 Å². The van der Waals surface area contributed by atoms with E-state index in [-0.39, 0.29) is 11.5 Å². The molecule has 136 valence electrons. The fourth-order valence-corrected chi connectivity index (χ4v) is 3.83. The van der Waals surface area contributed by atoms with Gasteiger partial charge < -0.3 is 14.9 Å². The molecule has 0 N–H and O–H groups in total. The minimum Gasteiger partial charge on any atom is -0.872 e. The fourth-order valence-electron chi connectivity index (χ4n) is 3.83. The predicted octanol–water partition coefficient (Wildman–Crippen LogP) is 2.83. The van der Waals surface area contributed by atoms with E-state index in [4.69, 9.17) is 4.74 Å². The number of fused-ring (bicyclic) bond motifs is 2. The molecule has 3 aromatic rings. The summed E-state index contributed by atoms with van der Waals surface area (Å²) in [5.74, 6) is 0.989. The second kappa shape index (κ2) is 5.92. The molecule has 0 aliphatic carbocycles. The number of benzene rings is 3. The Morgan fingerprint density at radius 2 is 1.26 bits per heavy atom. The van der Waals surface area contributed by atoms with Gasteiger partial charge in [0.05, 0.1) is 0 Å². The van der Waals surface area contributed by atoms with Crippen LogP contribution < -0.4 is 25.4 Å². The van der Waals surface area contributed by atoms with Gasteiger partial charge >= 0.3 is 0 Å². The van der Waals surface area contributed by atoms with Gasteiger partial charge in [0, 0.05) is 16.7 Å². The van der Waals surface area contributed by atoms with Gasteiger partial charge in [-0.1, -0.05) is 53.5 Å². The molecular weight excluding hydrogens is 336 g/mol. The molecule has 27 heavy (non-hydrogen) atoms. The van der Waals surface area contributed by atoms with Crippen LogP contribution in [0.25, 0.3) is 12.2 Å². The monoisotopic (exact) mass is 356 g/mol. The molecule has 0 atom stereocenters. The molecule has 0 amide bonds. The maximum absolute atomic E-state index is 12.5. The summed E-state index contributed by atoms with van der Waals surface area (Å²) in [5.41, 5.74) is 5.15. The predicted molar refractivity (Wildman–Crippen MR) is 104 cm³/mol. The lowest BCUT2D eigenvalue weighted by atomic mass is 9.86. The van der Waals surface area contributed by atoms with Gasteiger partial charge in [0.15, 0.2) is 0 Å². The van der Waals surface area contributed by atoms with Crippen LogP contribution in [0.5, 0.6) is 23.0 Å². The Balaban J connectivity index is 2.26. The van der Waals surface area contributed by atoms with Gasteiger partial charge in [-0.3, -0.25) is 0 Å². The summed E-state index contributed by atoms with van der Waals surface area (Å²) in [6.45, 7) is 11.4. The molecule has 4 rings (SSSR count). The Labute approximate surface area is 158 Å². The Bertz CT molecular complexity index is 1150. The van der Waals surface area contributed by atoms with Crippen LogP contribution in [-0.4, -0.2) is 0 Å². The normalized spacial score (nSPS) is 12.4. The van der Waals surface area contributed by atoms with Crippen molar-refractivity contribution in [1.82, 2.24) is 0 Å². The molecule has 0 fully saturated rings. The molecular formula is C24H20O3-2. The minimum atomic E-state index is -0.0356. The Morgan fingerprint density at radius 1 is 0.778 bits per heavy atom. The van der Waals surface area contributed by atoms with Crippen LogP contribution in [0, 0.1) is 27.7 Å². The number of hydrogen-bond acceptors (Lipinski definition) is 3. The minimum absolute atomic E-state index is 0.0356. The molecule has 0 aromatic heterocycles. The van der Waals surface area contributed by atoms with Crippen LogP contribution in [0.2, 0.25) is 0 Å². The molecule has 0 saturated heterocycles. The molecule has 0 unspecified atom stereocenters. The lowest BCUT2D eigenvalue weighted by Gasteiger charge is -2.31. The molecule has 3 nitrogen and oxygen atoms in total. The third-order valence-electron chi connectivity index (χ3n) is 5.32. The molecule has 1 aliphatic rings. The lowest BCUT2D eigenvalue weighted by Crippen LogP contribution is -2.27. The fraction of sp³-hybridized carbons (Fsp3) is 0.167. The molecule has 0 radical (unpaired) electrons. The van der Waals surface area contributed by atoms with Crippen LogP contribution in [0.1, 0.15) is 33.4 Å². The first-order chi connectivity index (χ1) is 12.8. The second-order valence-corrected chi connectivity index (χ2v) is 7.18. The highest BCUT2D eigenvalue weighted by molar-refractivity contribution is 5.90. The van der Waals surface area contributed by atoms with E-state index in [0.29, 0.717) is 33.8 Å². The van der Waals surface area contributed by atoms with E-state index >= 15 is 0 Å². The number of hydrogen-bond donors (Lipinski definition) is 0. The van der Waals surface area contributed by atoms with Gasteiger partial charge in [0.2, 0.25) is 0 Å². The smallest absolute Gasteiger partial charge is 0.137 e.